The van der Waals surface area contributed by atoms with Crippen molar-refractivity contribution < 1.29 is 9.15 Å². The van der Waals surface area contributed by atoms with Crippen LogP contribution in [0.2, 0.25) is 4.34 Å². The van der Waals surface area contributed by atoms with E-state index in [1.807, 2.05) is 30.3 Å². The van der Waals surface area contributed by atoms with Crippen molar-refractivity contribution in [2.45, 2.75) is 6.04 Å². The molecular weight excluding hydrogens is 282 g/mol. The van der Waals surface area contributed by atoms with Gasteiger partial charge in [0.15, 0.2) is 5.06 Å². The monoisotopic (exact) mass is 293 g/mol. The van der Waals surface area contributed by atoms with Crippen LogP contribution in [0.25, 0.3) is 10.8 Å². The molecule has 0 aliphatic carbocycles. The molecule has 0 amide bonds. The summed E-state index contributed by atoms with van der Waals surface area (Å²) in [5.74, 6) is 0.720. The number of hydrogen-bond donors (Lipinski definition) is 1. The highest BCUT2D eigenvalue weighted by Gasteiger charge is 2.21. The van der Waals surface area contributed by atoms with Crippen LogP contribution < -0.4 is 10.5 Å². The molecule has 3 aromatic rings. The van der Waals surface area contributed by atoms with Gasteiger partial charge in [0.25, 0.3) is 0 Å². The molecule has 3 rings (SSSR count). The highest BCUT2D eigenvalue weighted by atomic mass is 35.5. The molecule has 0 radical (unpaired) electrons. The molecule has 1 aromatic carbocycles. The second kappa shape index (κ2) is 4.89. The van der Waals surface area contributed by atoms with E-state index in [2.05, 4.69) is 0 Å². The lowest BCUT2D eigenvalue weighted by molar-refractivity contribution is 0.426. The van der Waals surface area contributed by atoms with Gasteiger partial charge in [0, 0.05) is 16.3 Å². The predicted molar refractivity (Wildman–Crippen MR) is 78.1 cm³/mol. The number of halogens is 1. The smallest absolute Gasteiger partial charge is 0.175 e. The number of nitrogens with two attached hydrogens (primary N) is 1. The molecule has 0 saturated carbocycles. The number of methoxy groups -OCH3 is 1. The summed E-state index contributed by atoms with van der Waals surface area (Å²) in [5, 5.41) is 2.79. The second-order valence-corrected chi connectivity index (χ2v) is 5.78. The lowest BCUT2D eigenvalue weighted by Crippen LogP contribution is -2.10. The first-order chi connectivity index (χ1) is 9.20. The summed E-state index contributed by atoms with van der Waals surface area (Å²) in [6, 6.07) is 9.37. The van der Waals surface area contributed by atoms with Crippen LogP contribution in [-0.2, 0) is 0 Å². The van der Waals surface area contributed by atoms with Crippen LogP contribution in [0.4, 0.5) is 0 Å². The molecule has 98 valence electrons. The Morgan fingerprint density at radius 1 is 1.37 bits per heavy atom. The fourth-order valence-corrected chi connectivity index (χ4v) is 3.22. The first-order valence-electron chi connectivity index (χ1n) is 5.75. The van der Waals surface area contributed by atoms with E-state index < -0.39 is 6.04 Å². The van der Waals surface area contributed by atoms with Gasteiger partial charge in [0.1, 0.15) is 10.1 Å². The van der Waals surface area contributed by atoms with Crippen molar-refractivity contribution in [3.05, 3.63) is 52.3 Å². The van der Waals surface area contributed by atoms with Gasteiger partial charge >= 0.3 is 0 Å². The van der Waals surface area contributed by atoms with Gasteiger partial charge in [-0.1, -0.05) is 47.2 Å². The van der Waals surface area contributed by atoms with E-state index >= 15 is 0 Å². The Kier molecular flexibility index (Phi) is 3.22. The Balaban J connectivity index is 2.08. The van der Waals surface area contributed by atoms with Crippen molar-refractivity contribution in [3.63, 3.8) is 0 Å². The van der Waals surface area contributed by atoms with Crippen LogP contribution in [0, 0.1) is 0 Å². The molecule has 0 bridgehead atoms. The molecule has 5 heteroatoms. The Bertz CT molecular complexity index is 719. The predicted octanol–water partition coefficient (Wildman–Crippen LogP) is 4.20. The minimum atomic E-state index is -0.396. The van der Waals surface area contributed by atoms with Crippen molar-refractivity contribution in [2.24, 2.45) is 5.73 Å². The summed E-state index contributed by atoms with van der Waals surface area (Å²) in [5.41, 5.74) is 7.09. The standard InChI is InChI=1S/C14H12ClNO2S/c1-17-11-6-10(14(15)19-11)12(16)13-9-5-3-2-4-8(9)7-18-13/h2-7,12H,16H2,1H3. The van der Waals surface area contributed by atoms with Crippen molar-refractivity contribution >= 4 is 33.7 Å². The van der Waals surface area contributed by atoms with E-state index in [-0.39, 0.29) is 0 Å². The Labute approximate surface area is 119 Å². The van der Waals surface area contributed by atoms with Gasteiger partial charge in [0.05, 0.1) is 19.4 Å². The molecule has 0 saturated heterocycles. The van der Waals surface area contributed by atoms with Crippen molar-refractivity contribution in [2.75, 3.05) is 7.11 Å². The van der Waals surface area contributed by atoms with Crippen LogP contribution >= 0.6 is 22.9 Å². The van der Waals surface area contributed by atoms with E-state index in [4.69, 9.17) is 26.5 Å². The summed E-state index contributed by atoms with van der Waals surface area (Å²) in [4.78, 5) is 0. The van der Waals surface area contributed by atoms with Gasteiger partial charge in [-0.2, -0.15) is 0 Å². The Morgan fingerprint density at radius 3 is 2.89 bits per heavy atom. The third kappa shape index (κ3) is 2.12. The quantitative estimate of drug-likeness (QED) is 0.787. The van der Waals surface area contributed by atoms with Gasteiger partial charge < -0.3 is 14.9 Å². The summed E-state index contributed by atoms with van der Waals surface area (Å²) in [6.07, 6.45) is 1.71. The fourth-order valence-electron chi connectivity index (χ4n) is 2.07. The van der Waals surface area contributed by atoms with E-state index in [1.165, 1.54) is 11.3 Å². The summed E-state index contributed by atoms with van der Waals surface area (Å²) >= 11 is 7.57. The van der Waals surface area contributed by atoms with Crippen LogP contribution in [0.3, 0.4) is 0 Å². The molecule has 0 fully saturated rings. The number of benzene rings is 1. The molecule has 19 heavy (non-hydrogen) atoms. The average molecular weight is 294 g/mol. The lowest BCUT2D eigenvalue weighted by Gasteiger charge is -2.08. The topological polar surface area (TPSA) is 48.4 Å². The maximum absolute atomic E-state index is 6.27. The molecule has 2 aromatic heterocycles. The number of fused-ring (bicyclic) bond motifs is 1. The maximum atomic E-state index is 6.27. The SMILES string of the molecule is COc1cc(C(N)c2occ3ccccc23)c(Cl)s1. The van der Waals surface area contributed by atoms with E-state index in [9.17, 15) is 0 Å². The molecular formula is C14H12ClNO2S. The molecule has 2 N–H and O–H groups in total. The zero-order valence-electron chi connectivity index (χ0n) is 10.2. The fraction of sp³-hybridized carbons (Fsp3) is 0.143. The first-order valence-corrected chi connectivity index (χ1v) is 6.95. The zero-order valence-corrected chi connectivity index (χ0v) is 11.8. The summed E-state index contributed by atoms with van der Waals surface area (Å²) in [6.45, 7) is 0. The number of rotatable bonds is 3. The average Bonchev–Trinajstić information content (AvgIpc) is 3.01. The Morgan fingerprint density at radius 2 is 2.16 bits per heavy atom. The third-order valence-corrected chi connectivity index (χ3v) is 4.40. The molecule has 0 spiro atoms. The largest absolute Gasteiger partial charge is 0.487 e. The number of thiophene rings is 1. The Hall–Kier alpha value is -1.49. The van der Waals surface area contributed by atoms with Crippen LogP contribution in [-0.4, -0.2) is 7.11 Å². The minimum absolute atomic E-state index is 0.396. The van der Waals surface area contributed by atoms with Crippen molar-refractivity contribution in [1.82, 2.24) is 0 Å². The molecule has 3 nitrogen and oxygen atoms in total. The van der Waals surface area contributed by atoms with Gasteiger partial charge in [-0.3, -0.25) is 0 Å². The molecule has 0 aliphatic heterocycles. The first kappa shape index (κ1) is 12.5. The van der Waals surface area contributed by atoms with E-state index in [0.717, 1.165) is 27.2 Å². The van der Waals surface area contributed by atoms with Crippen LogP contribution in [0.15, 0.2) is 41.0 Å². The van der Waals surface area contributed by atoms with E-state index in [0.29, 0.717) is 4.34 Å². The third-order valence-electron chi connectivity index (χ3n) is 3.05. The van der Waals surface area contributed by atoms with E-state index in [1.54, 1.807) is 13.4 Å². The highest BCUT2D eigenvalue weighted by molar-refractivity contribution is 7.18. The van der Waals surface area contributed by atoms with Crippen molar-refractivity contribution in [1.29, 1.82) is 0 Å². The van der Waals surface area contributed by atoms with Crippen LogP contribution in [0.1, 0.15) is 17.4 Å². The van der Waals surface area contributed by atoms with Gasteiger partial charge in [-0.05, 0) is 6.07 Å². The van der Waals surface area contributed by atoms with Gasteiger partial charge in [-0.15, -0.1) is 0 Å². The van der Waals surface area contributed by atoms with Crippen molar-refractivity contribution in [3.8, 4) is 5.06 Å². The van der Waals surface area contributed by atoms with Gasteiger partial charge in [0.2, 0.25) is 0 Å². The molecule has 1 atom stereocenters. The minimum Gasteiger partial charge on any atom is -0.487 e. The molecule has 0 aliphatic rings. The second-order valence-electron chi connectivity index (χ2n) is 4.16. The number of ether oxygens (including phenoxy) is 1. The lowest BCUT2D eigenvalue weighted by atomic mass is 10.1. The normalized spacial score (nSPS) is 12.8. The molecule has 2 heterocycles. The zero-order chi connectivity index (χ0) is 13.4. The maximum Gasteiger partial charge on any atom is 0.175 e. The number of furan rings is 1. The molecule has 1 unspecified atom stereocenters. The summed E-state index contributed by atoms with van der Waals surface area (Å²) < 4.78 is 11.4. The number of hydrogen-bond acceptors (Lipinski definition) is 4. The van der Waals surface area contributed by atoms with Crippen LogP contribution in [0.5, 0.6) is 5.06 Å². The summed E-state index contributed by atoms with van der Waals surface area (Å²) in [7, 11) is 1.61. The highest BCUT2D eigenvalue weighted by Crippen LogP contribution is 2.39. The van der Waals surface area contributed by atoms with Gasteiger partial charge in [-0.25, -0.2) is 0 Å².